The average Bonchev–Trinajstić information content (AvgIpc) is 2.84. The summed E-state index contributed by atoms with van der Waals surface area (Å²) in [5, 5.41) is 19.1. The third kappa shape index (κ3) is 1.96. The van der Waals surface area contributed by atoms with E-state index in [9.17, 15) is 18.3 Å². The van der Waals surface area contributed by atoms with Crippen LogP contribution >= 0.6 is 0 Å². The molecule has 0 saturated carbocycles. The van der Waals surface area contributed by atoms with E-state index in [4.69, 9.17) is 10.00 Å². The van der Waals surface area contributed by atoms with Crippen molar-refractivity contribution in [3.8, 4) is 6.07 Å². The van der Waals surface area contributed by atoms with Crippen molar-refractivity contribution in [2.75, 3.05) is 13.2 Å². The van der Waals surface area contributed by atoms with Crippen LogP contribution in [0, 0.1) is 34.2 Å². The molecule has 0 amide bonds. The Hall–Kier alpha value is -1.58. The lowest BCUT2D eigenvalue weighted by molar-refractivity contribution is 0.0498. The van der Waals surface area contributed by atoms with E-state index in [2.05, 4.69) is 0 Å². The van der Waals surface area contributed by atoms with Gasteiger partial charge < -0.3 is 9.84 Å². The first-order valence-electron chi connectivity index (χ1n) is 5.32. The van der Waals surface area contributed by atoms with Crippen LogP contribution in [-0.2, 0) is 4.74 Å². The molecule has 2 unspecified atom stereocenters. The number of aliphatic hydroxyl groups is 1. The van der Waals surface area contributed by atoms with Gasteiger partial charge in [0.05, 0.1) is 12.7 Å². The van der Waals surface area contributed by atoms with Crippen molar-refractivity contribution in [1.29, 1.82) is 5.26 Å². The number of aliphatic hydroxyl groups excluding tert-OH is 1. The Bertz CT molecular complexity index is 484. The van der Waals surface area contributed by atoms with Crippen molar-refractivity contribution in [1.82, 2.24) is 0 Å². The van der Waals surface area contributed by atoms with Gasteiger partial charge in [0, 0.05) is 6.61 Å². The SMILES string of the molecule is N#CC1(C(O)c2cc(F)c(F)c(F)c2)CCOC1. The summed E-state index contributed by atoms with van der Waals surface area (Å²) in [6.45, 7) is 0.266. The molecule has 0 aromatic heterocycles. The predicted molar refractivity (Wildman–Crippen MR) is 54.8 cm³/mol. The van der Waals surface area contributed by atoms with E-state index in [0.29, 0.717) is 12.1 Å². The largest absolute Gasteiger partial charge is 0.387 e. The molecule has 1 heterocycles. The number of nitriles is 1. The zero-order valence-corrected chi connectivity index (χ0v) is 9.29. The zero-order chi connectivity index (χ0) is 13.3. The Balaban J connectivity index is 2.40. The Kier molecular flexibility index (Phi) is 3.28. The van der Waals surface area contributed by atoms with Crippen LogP contribution < -0.4 is 0 Å². The maximum Gasteiger partial charge on any atom is 0.194 e. The van der Waals surface area contributed by atoms with Gasteiger partial charge in [-0.25, -0.2) is 13.2 Å². The van der Waals surface area contributed by atoms with Crippen LogP contribution in [0.15, 0.2) is 12.1 Å². The van der Waals surface area contributed by atoms with Gasteiger partial charge in [0.1, 0.15) is 11.5 Å². The smallest absolute Gasteiger partial charge is 0.194 e. The molecular formula is C12H10F3NO2. The molecule has 18 heavy (non-hydrogen) atoms. The van der Waals surface area contributed by atoms with E-state index in [-0.39, 0.29) is 25.2 Å². The molecule has 1 aromatic carbocycles. The summed E-state index contributed by atoms with van der Waals surface area (Å²) in [5.74, 6) is -4.38. The highest BCUT2D eigenvalue weighted by molar-refractivity contribution is 5.26. The minimum Gasteiger partial charge on any atom is -0.387 e. The molecule has 3 nitrogen and oxygen atoms in total. The minimum absolute atomic E-state index is 0.0225. The maximum atomic E-state index is 13.1. The van der Waals surface area contributed by atoms with Gasteiger partial charge in [0.2, 0.25) is 0 Å². The normalized spacial score (nSPS) is 24.8. The van der Waals surface area contributed by atoms with Crippen molar-refractivity contribution in [2.45, 2.75) is 12.5 Å². The van der Waals surface area contributed by atoms with Crippen molar-refractivity contribution in [3.05, 3.63) is 35.1 Å². The number of hydrogen-bond donors (Lipinski definition) is 1. The fraction of sp³-hybridized carbons (Fsp3) is 0.417. The number of rotatable bonds is 2. The van der Waals surface area contributed by atoms with Crippen LogP contribution in [0.4, 0.5) is 13.2 Å². The topological polar surface area (TPSA) is 53.2 Å². The molecule has 1 aliphatic rings. The van der Waals surface area contributed by atoms with Crippen LogP contribution in [0.25, 0.3) is 0 Å². The second kappa shape index (κ2) is 4.59. The number of benzene rings is 1. The maximum absolute atomic E-state index is 13.1. The molecule has 2 rings (SSSR count). The molecule has 1 aliphatic heterocycles. The molecule has 2 atom stereocenters. The monoisotopic (exact) mass is 257 g/mol. The molecule has 0 bridgehead atoms. The van der Waals surface area contributed by atoms with Crippen molar-refractivity contribution < 1.29 is 23.0 Å². The number of nitrogens with zero attached hydrogens (tertiary/aromatic N) is 1. The van der Waals surface area contributed by atoms with Crippen LogP contribution in [0.2, 0.25) is 0 Å². The van der Waals surface area contributed by atoms with E-state index in [1.54, 1.807) is 0 Å². The number of halogens is 3. The van der Waals surface area contributed by atoms with E-state index >= 15 is 0 Å². The molecule has 0 radical (unpaired) electrons. The average molecular weight is 257 g/mol. The Labute approximate surface area is 101 Å². The minimum atomic E-state index is -1.60. The van der Waals surface area contributed by atoms with Crippen LogP contribution in [0.5, 0.6) is 0 Å². The van der Waals surface area contributed by atoms with E-state index < -0.39 is 29.0 Å². The summed E-state index contributed by atoms with van der Waals surface area (Å²) >= 11 is 0. The van der Waals surface area contributed by atoms with E-state index in [1.165, 1.54) is 0 Å². The van der Waals surface area contributed by atoms with E-state index in [1.807, 2.05) is 6.07 Å². The van der Waals surface area contributed by atoms with Gasteiger partial charge in [-0.2, -0.15) is 5.26 Å². The van der Waals surface area contributed by atoms with Crippen molar-refractivity contribution >= 4 is 0 Å². The Morgan fingerprint density at radius 3 is 2.39 bits per heavy atom. The Morgan fingerprint density at radius 1 is 1.33 bits per heavy atom. The first kappa shape index (κ1) is 12.9. The van der Waals surface area contributed by atoms with Gasteiger partial charge in [0.25, 0.3) is 0 Å². The highest BCUT2D eigenvalue weighted by Gasteiger charge is 2.43. The molecule has 1 aromatic rings. The number of hydrogen-bond acceptors (Lipinski definition) is 3. The standard InChI is InChI=1S/C12H10F3NO2/c13-8-3-7(4-9(14)10(8)15)11(17)12(5-16)1-2-18-6-12/h3-4,11,17H,1-2,6H2. The van der Waals surface area contributed by atoms with Gasteiger partial charge in [-0.05, 0) is 24.1 Å². The molecule has 96 valence electrons. The second-order valence-corrected chi connectivity index (χ2v) is 4.27. The summed E-state index contributed by atoms with van der Waals surface area (Å²) in [6, 6.07) is 3.31. The molecule has 1 N–H and O–H groups in total. The van der Waals surface area contributed by atoms with Gasteiger partial charge in [-0.3, -0.25) is 0 Å². The molecule has 1 saturated heterocycles. The quantitative estimate of drug-likeness (QED) is 0.825. The van der Waals surface area contributed by atoms with Gasteiger partial charge >= 0.3 is 0 Å². The molecule has 1 fully saturated rings. The lowest BCUT2D eigenvalue weighted by Crippen LogP contribution is -2.28. The van der Waals surface area contributed by atoms with Gasteiger partial charge in [-0.15, -0.1) is 0 Å². The first-order chi connectivity index (χ1) is 8.50. The molecule has 0 aliphatic carbocycles. The zero-order valence-electron chi connectivity index (χ0n) is 9.29. The summed E-state index contributed by atoms with van der Waals surface area (Å²) in [7, 11) is 0. The van der Waals surface area contributed by atoms with Crippen molar-refractivity contribution in [2.24, 2.45) is 5.41 Å². The summed E-state index contributed by atoms with van der Waals surface area (Å²) in [5.41, 5.74) is -1.41. The summed E-state index contributed by atoms with van der Waals surface area (Å²) in [6.07, 6.45) is -1.17. The predicted octanol–water partition coefficient (Wildman–Crippen LogP) is 2.07. The lowest BCUT2D eigenvalue weighted by atomic mass is 9.79. The second-order valence-electron chi connectivity index (χ2n) is 4.27. The van der Waals surface area contributed by atoms with Crippen LogP contribution in [-0.4, -0.2) is 18.3 Å². The molecule has 6 heteroatoms. The fourth-order valence-corrected chi connectivity index (χ4v) is 2.00. The van der Waals surface area contributed by atoms with Gasteiger partial charge in [-0.1, -0.05) is 0 Å². The molecule has 0 spiro atoms. The lowest BCUT2D eigenvalue weighted by Gasteiger charge is -2.25. The van der Waals surface area contributed by atoms with Gasteiger partial charge in [0.15, 0.2) is 17.5 Å². The van der Waals surface area contributed by atoms with Crippen LogP contribution in [0.3, 0.4) is 0 Å². The summed E-state index contributed by atoms with van der Waals surface area (Å²) in [4.78, 5) is 0. The van der Waals surface area contributed by atoms with Crippen LogP contribution in [0.1, 0.15) is 18.1 Å². The Morgan fingerprint density at radius 2 is 1.94 bits per heavy atom. The molecular weight excluding hydrogens is 247 g/mol. The third-order valence-electron chi connectivity index (χ3n) is 3.12. The number of ether oxygens (including phenoxy) is 1. The summed E-state index contributed by atoms with van der Waals surface area (Å²) < 4.78 is 44.0. The van der Waals surface area contributed by atoms with E-state index in [0.717, 1.165) is 0 Å². The third-order valence-corrected chi connectivity index (χ3v) is 3.12. The van der Waals surface area contributed by atoms with Crippen molar-refractivity contribution in [3.63, 3.8) is 0 Å². The highest BCUT2D eigenvalue weighted by Crippen LogP contribution is 2.41. The highest BCUT2D eigenvalue weighted by atomic mass is 19.2. The fourth-order valence-electron chi connectivity index (χ4n) is 2.00. The first-order valence-corrected chi connectivity index (χ1v) is 5.32.